The highest BCUT2D eigenvalue weighted by Crippen LogP contribution is 2.38. The third-order valence-electron chi connectivity index (χ3n) is 3.50. The number of fused-ring (bicyclic) bond motifs is 1. The van der Waals surface area contributed by atoms with Gasteiger partial charge in [-0.3, -0.25) is 4.99 Å². The number of nitrogens with zero attached hydrogens (tertiary/aromatic N) is 1. The third kappa shape index (κ3) is 2.14. The number of aliphatic imine (C=N–C) groups is 1. The lowest BCUT2D eigenvalue weighted by atomic mass is 9.99. The molecular formula is C16H13F2NO2. The fourth-order valence-electron chi connectivity index (χ4n) is 2.41. The fourth-order valence-corrected chi connectivity index (χ4v) is 2.41. The van der Waals surface area contributed by atoms with E-state index < -0.39 is 11.6 Å². The summed E-state index contributed by atoms with van der Waals surface area (Å²) in [4.78, 5) is 4.14. The minimum atomic E-state index is -0.741. The molecule has 1 heterocycles. The molecule has 1 aliphatic rings. The van der Waals surface area contributed by atoms with E-state index in [0.717, 1.165) is 11.1 Å². The van der Waals surface area contributed by atoms with Crippen LogP contribution < -0.4 is 9.47 Å². The Hall–Kier alpha value is -2.43. The van der Waals surface area contributed by atoms with Crippen molar-refractivity contribution in [3.8, 4) is 22.6 Å². The van der Waals surface area contributed by atoms with Crippen molar-refractivity contribution in [2.24, 2.45) is 4.99 Å². The van der Waals surface area contributed by atoms with E-state index in [-0.39, 0.29) is 17.1 Å². The molecule has 0 aromatic heterocycles. The van der Waals surface area contributed by atoms with Crippen LogP contribution in [0.15, 0.2) is 29.3 Å². The Morgan fingerprint density at radius 2 is 1.67 bits per heavy atom. The van der Waals surface area contributed by atoms with Gasteiger partial charge in [-0.1, -0.05) is 12.1 Å². The first-order valence-corrected chi connectivity index (χ1v) is 6.38. The Morgan fingerprint density at radius 3 is 2.29 bits per heavy atom. The van der Waals surface area contributed by atoms with Crippen LogP contribution in [-0.4, -0.2) is 20.4 Å². The summed E-state index contributed by atoms with van der Waals surface area (Å²) in [5.41, 5.74) is 2.19. The highest BCUT2D eigenvalue weighted by Gasteiger charge is 2.22. The van der Waals surface area contributed by atoms with Crippen LogP contribution in [0, 0.1) is 11.6 Å². The number of methoxy groups -OCH3 is 2. The van der Waals surface area contributed by atoms with Gasteiger partial charge >= 0.3 is 0 Å². The summed E-state index contributed by atoms with van der Waals surface area (Å²) in [5.74, 6) is -1.59. The van der Waals surface area contributed by atoms with E-state index in [4.69, 9.17) is 9.47 Å². The van der Waals surface area contributed by atoms with Crippen LogP contribution in [-0.2, 0) is 6.54 Å². The largest absolute Gasteiger partial charge is 0.494 e. The van der Waals surface area contributed by atoms with Crippen molar-refractivity contribution in [1.82, 2.24) is 0 Å². The second-order valence-electron chi connectivity index (χ2n) is 4.67. The van der Waals surface area contributed by atoms with E-state index in [2.05, 4.69) is 4.99 Å². The average Bonchev–Trinajstić information content (AvgIpc) is 2.95. The molecule has 3 rings (SSSR count). The highest BCUT2D eigenvalue weighted by molar-refractivity contribution is 5.86. The van der Waals surface area contributed by atoms with Crippen molar-refractivity contribution in [2.75, 3.05) is 14.2 Å². The number of benzene rings is 2. The van der Waals surface area contributed by atoms with Gasteiger partial charge in [0.15, 0.2) is 23.1 Å². The molecule has 0 spiro atoms. The van der Waals surface area contributed by atoms with Crippen LogP contribution >= 0.6 is 0 Å². The Bertz CT molecular complexity index is 713. The molecule has 2 aromatic rings. The van der Waals surface area contributed by atoms with Gasteiger partial charge in [0.2, 0.25) is 0 Å². The van der Waals surface area contributed by atoms with Gasteiger partial charge in [0, 0.05) is 12.3 Å². The Balaban J connectivity index is 2.22. The van der Waals surface area contributed by atoms with Gasteiger partial charge in [-0.05, 0) is 22.8 Å². The molecule has 0 amide bonds. The molecule has 0 saturated carbocycles. The molecule has 108 valence electrons. The van der Waals surface area contributed by atoms with Crippen LogP contribution in [0.1, 0.15) is 11.1 Å². The molecule has 0 atom stereocenters. The maximum absolute atomic E-state index is 14.4. The molecule has 21 heavy (non-hydrogen) atoms. The van der Waals surface area contributed by atoms with Crippen LogP contribution in [0.5, 0.6) is 11.5 Å². The van der Waals surface area contributed by atoms with Gasteiger partial charge in [-0.25, -0.2) is 8.78 Å². The average molecular weight is 289 g/mol. The maximum Gasteiger partial charge on any atom is 0.176 e. The van der Waals surface area contributed by atoms with Gasteiger partial charge in [0.1, 0.15) is 0 Å². The summed E-state index contributed by atoms with van der Waals surface area (Å²) in [6.07, 6.45) is 1.75. The molecule has 0 N–H and O–H groups in total. The van der Waals surface area contributed by atoms with Crippen LogP contribution in [0.3, 0.4) is 0 Å². The molecule has 0 radical (unpaired) electrons. The van der Waals surface area contributed by atoms with Crippen molar-refractivity contribution in [2.45, 2.75) is 6.54 Å². The van der Waals surface area contributed by atoms with Crippen molar-refractivity contribution in [3.05, 3.63) is 47.0 Å². The van der Waals surface area contributed by atoms with E-state index in [1.165, 1.54) is 20.3 Å². The molecule has 3 nitrogen and oxygen atoms in total. The van der Waals surface area contributed by atoms with Crippen molar-refractivity contribution in [3.63, 3.8) is 0 Å². The Kier molecular flexibility index (Phi) is 3.33. The molecule has 1 aliphatic heterocycles. The second-order valence-corrected chi connectivity index (χ2v) is 4.67. The summed E-state index contributed by atoms with van der Waals surface area (Å²) in [6.45, 7) is 0.521. The Labute approximate surface area is 120 Å². The fraction of sp³-hybridized carbons (Fsp3) is 0.188. The van der Waals surface area contributed by atoms with E-state index in [1.807, 2.05) is 0 Å². The van der Waals surface area contributed by atoms with E-state index >= 15 is 0 Å². The highest BCUT2D eigenvalue weighted by atomic mass is 19.1. The number of halogens is 2. The van der Waals surface area contributed by atoms with Gasteiger partial charge < -0.3 is 9.47 Å². The normalized spacial score (nSPS) is 12.4. The van der Waals surface area contributed by atoms with Crippen molar-refractivity contribution >= 4 is 6.21 Å². The summed E-state index contributed by atoms with van der Waals surface area (Å²) in [6, 6.07) is 6.40. The van der Waals surface area contributed by atoms with E-state index in [9.17, 15) is 8.78 Å². The molecular weight excluding hydrogens is 276 g/mol. The summed E-state index contributed by atoms with van der Waals surface area (Å²) < 4.78 is 38.8. The number of ether oxygens (including phenoxy) is 2. The minimum Gasteiger partial charge on any atom is -0.494 e. The zero-order valence-corrected chi connectivity index (χ0v) is 11.6. The third-order valence-corrected chi connectivity index (χ3v) is 3.50. The number of rotatable bonds is 3. The number of hydrogen-bond donors (Lipinski definition) is 0. The van der Waals surface area contributed by atoms with Gasteiger partial charge in [0.25, 0.3) is 0 Å². The summed E-state index contributed by atoms with van der Waals surface area (Å²) in [7, 11) is 2.66. The monoisotopic (exact) mass is 289 g/mol. The lowest BCUT2D eigenvalue weighted by Gasteiger charge is -2.13. The molecule has 0 fully saturated rings. The lowest BCUT2D eigenvalue weighted by molar-refractivity contribution is 0.360. The number of hydrogen-bond acceptors (Lipinski definition) is 3. The topological polar surface area (TPSA) is 30.8 Å². The van der Waals surface area contributed by atoms with E-state index in [0.29, 0.717) is 12.1 Å². The van der Waals surface area contributed by atoms with Crippen LogP contribution in [0.4, 0.5) is 8.78 Å². The summed E-state index contributed by atoms with van der Waals surface area (Å²) >= 11 is 0. The first-order valence-electron chi connectivity index (χ1n) is 6.38. The molecule has 5 heteroatoms. The molecule has 0 aliphatic carbocycles. The Morgan fingerprint density at radius 1 is 1.00 bits per heavy atom. The van der Waals surface area contributed by atoms with Gasteiger partial charge in [-0.2, -0.15) is 0 Å². The minimum absolute atomic E-state index is 0.0556. The van der Waals surface area contributed by atoms with E-state index in [1.54, 1.807) is 24.4 Å². The zero-order valence-electron chi connectivity index (χ0n) is 11.6. The molecule has 0 saturated heterocycles. The smallest absolute Gasteiger partial charge is 0.176 e. The first-order chi connectivity index (χ1) is 10.2. The molecule has 2 aromatic carbocycles. The molecule has 0 unspecified atom stereocenters. The van der Waals surface area contributed by atoms with Crippen molar-refractivity contribution < 1.29 is 18.3 Å². The maximum atomic E-state index is 14.4. The predicted molar refractivity (Wildman–Crippen MR) is 76.2 cm³/mol. The zero-order chi connectivity index (χ0) is 15.0. The second kappa shape index (κ2) is 5.16. The SMILES string of the molecule is COc1cc(OC)c(F)c(-c2ccc3c(c2)CN=C3)c1F. The lowest BCUT2D eigenvalue weighted by Crippen LogP contribution is -1.99. The van der Waals surface area contributed by atoms with Crippen LogP contribution in [0.2, 0.25) is 0 Å². The molecule has 0 bridgehead atoms. The van der Waals surface area contributed by atoms with Crippen molar-refractivity contribution in [1.29, 1.82) is 0 Å². The van der Waals surface area contributed by atoms with Crippen LogP contribution in [0.25, 0.3) is 11.1 Å². The quantitative estimate of drug-likeness (QED) is 0.864. The predicted octanol–water partition coefficient (Wildman–Crippen LogP) is 3.58. The first kappa shape index (κ1) is 13.5. The summed E-state index contributed by atoms with van der Waals surface area (Å²) in [5, 5.41) is 0. The van der Waals surface area contributed by atoms with Gasteiger partial charge in [0.05, 0.1) is 26.3 Å². The van der Waals surface area contributed by atoms with Gasteiger partial charge in [-0.15, -0.1) is 0 Å². The standard InChI is InChI=1S/C16H13F2NO2/c1-20-12-6-13(21-2)16(18)14(15(12)17)9-3-4-10-7-19-8-11(10)5-9/h3-7H,8H2,1-2H3.